The van der Waals surface area contributed by atoms with Gasteiger partial charge in [-0.15, -0.1) is 0 Å². The molecule has 0 heterocycles. The normalized spacial score (nSPS) is 12.2. The van der Waals surface area contributed by atoms with Crippen LogP contribution >= 0.6 is 31.9 Å². The molecule has 88 valence electrons. The summed E-state index contributed by atoms with van der Waals surface area (Å²) in [5.74, 6) is -0.845. The van der Waals surface area contributed by atoms with E-state index in [-0.39, 0.29) is 0 Å². The van der Waals surface area contributed by atoms with Crippen LogP contribution in [0.4, 0.5) is 5.69 Å². The van der Waals surface area contributed by atoms with Crippen molar-refractivity contribution in [1.29, 1.82) is 0 Å². The number of anilines is 1. The molecule has 0 spiro atoms. The molecule has 1 rings (SSSR count). The molecule has 0 aliphatic rings. The van der Waals surface area contributed by atoms with Crippen molar-refractivity contribution in [1.82, 2.24) is 0 Å². The molecular weight excluding hydrogens is 338 g/mol. The molecule has 0 aliphatic carbocycles. The Balaban J connectivity index is 3.01. The second kappa shape index (κ2) is 5.68. The third-order valence-electron chi connectivity index (χ3n) is 2.21. The molecule has 5 heteroatoms. The van der Waals surface area contributed by atoms with Gasteiger partial charge in [0.2, 0.25) is 0 Å². The van der Waals surface area contributed by atoms with Crippen LogP contribution in [0.1, 0.15) is 18.9 Å². The predicted octanol–water partition coefficient (Wildman–Crippen LogP) is 3.80. The van der Waals surface area contributed by atoms with Crippen molar-refractivity contribution >= 4 is 43.5 Å². The molecule has 0 aromatic heterocycles. The third-order valence-corrected chi connectivity index (χ3v) is 3.46. The predicted molar refractivity (Wildman–Crippen MR) is 71.9 cm³/mol. The number of aryl methyl sites for hydroxylation is 1. The lowest BCUT2D eigenvalue weighted by atomic mass is 10.2. The average Bonchev–Trinajstić information content (AvgIpc) is 2.15. The summed E-state index contributed by atoms with van der Waals surface area (Å²) in [6.45, 7) is 3.82. The maximum absolute atomic E-state index is 10.9. The van der Waals surface area contributed by atoms with Crippen molar-refractivity contribution in [2.24, 2.45) is 0 Å². The molecule has 1 atom stereocenters. The van der Waals surface area contributed by atoms with Crippen molar-refractivity contribution < 1.29 is 9.90 Å². The molecule has 0 radical (unpaired) electrons. The van der Waals surface area contributed by atoms with Crippen molar-refractivity contribution in [3.05, 3.63) is 26.6 Å². The highest BCUT2D eigenvalue weighted by Crippen LogP contribution is 2.33. The number of carbonyl (C=O) groups is 1. The molecule has 3 nitrogen and oxygen atoms in total. The summed E-state index contributed by atoms with van der Waals surface area (Å²) in [5.41, 5.74) is 1.88. The second-order valence-electron chi connectivity index (χ2n) is 3.55. The smallest absolute Gasteiger partial charge is 0.326 e. The second-order valence-corrected chi connectivity index (χ2v) is 5.26. The van der Waals surface area contributed by atoms with Gasteiger partial charge in [-0.2, -0.15) is 0 Å². The number of carboxylic acid groups (broad SMARTS) is 1. The van der Waals surface area contributed by atoms with Crippen molar-refractivity contribution in [3.63, 3.8) is 0 Å². The highest BCUT2D eigenvalue weighted by Gasteiger charge is 2.17. The Hall–Kier alpha value is -0.550. The van der Waals surface area contributed by atoms with Crippen LogP contribution in [-0.4, -0.2) is 17.1 Å². The lowest BCUT2D eigenvalue weighted by molar-refractivity contribution is -0.137. The summed E-state index contributed by atoms with van der Waals surface area (Å²) in [6.07, 6.45) is 0.530. The van der Waals surface area contributed by atoms with Crippen LogP contribution in [-0.2, 0) is 4.79 Å². The molecule has 0 aliphatic heterocycles. The lowest BCUT2D eigenvalue weighted by Gasteiger charge is -2.17. The first kappa shape index (κ1) is 13.5. The largest absolute Gasteiger partial charge is 0.480 e. The molecule has 16 heavy (non-hydrogen) atoms. The average molecular weight is 351 g/mol. The van der Waals surface area contributed by atoms with E-state index < -0.39 is 12.0 Å². The van der Waals surface area contributed by atoms with Gasteiger partial charge in [0.15, 0.2) is 0 Å². The number of carboxylic acids is 1. The van der Waals surface area contributed by atoms with Gasteiger partial charge < -0.3 is 10.4 Å². The Morgan fingerprint density at radius 2 is 1.94 bits per heavy atom. The van der Waals surface area contributed by atoms with E-state index in [1.165, 1.54) is 0 Å². The van der Waals surface area contributed by atoms with E-state index in [0.717, 1.165) is 20.2 Å². The van der Waals surface area contributed by atoms with Gasteiger partial charge in [-0.1, -0.05) is 6.92 Å². The number of aliphatic carboxylic acids is 1. The molecule has 0 saturated carbocycles. The Labute approximate surface area is 111 Å². The van der Waals surface area contributed by atoms with E-state index in [2.05, 4.69) is 37.2 Å². The number of hydrogen-bond donors (Lipinski definition) is 2. The minimum absolute atomic E-state index is 0.530. The summed E-state index contributed by atoms with van der Waals surface area (Å²) in [5, 5.41) is 12.0. The van der Waals surface area contributed by atoms with Gasteiger partial charge >= 0.3 is 5.97 Å². The highest BCUT2D eigenvalue weighted by molar-refractivity contribution is 9.11. The van der Waals surface area contributed by atoms with Crippen LogP contribution < -0.4 is 5.32 Å². The molecule has 0 saturated heterocycles. The SMILES string of the molecule is CCC(Nc1c(Br)cc(C)cc1Br)C(=O)O. The topological polar surface area (TPSA) is 49.3 Å². The van der Waals surface area contributed by atoms with Crippen molar-refractivity contribution in [3.8, 4) is 0 Å². The zero-order valence-electron chi connectivity index (χ0n) is 9.05. The Morgan fingerprint density at radius 3 is 2.31 bits per heavy atom. The van der Waals surface area contributed by atoms with Gasteiger partial charge in [0, 0.05) is 8.95 Å². The number of benzene rings is 1. The number of hydrogen-bond acceptors (Lipinski definition) is 2. The van der Waals surface area contributed by atoms with Gasteiger partial charge in [-0.25, -0.2) is 4.79 Å². The van der Waals surface area contributed by atoms with Crippen LogP contribution in [0.25, 0.3) is 0 Å². The molecule has 0 amide bonds. The Kier molecular flexibility index (Phi) is 4.80. The fourth-order valence-corrected chi connectivity index (χ4v) is 2.99. The number of rotatable bonds is 4. The van der Waals surface area contributed by atoms with Gasteiger partial charge in [-0.05, 0) is 62.9 Å². The van der Waals surface area contributed by atoms with Crippen molar-refractivity contribution in [2.45, 2.75) is 26.3 Å². The fraction of sp³-hybridized carbons (Fsp3) is 0.364. The van der Waals surface area contributed by atoms with Crippen LogP contribution in [0.2, 0.25) is 0 Å². The van der Waals surface area contributed by atoms with Crippen LogP contribution in [0.3, 0.4) is 0 Å². The maximum atomic E-state index is 10.9. The van der Waals surface area contributed by atoms with Gasteiger partial charge in [0.1, 0.15) is 6.04 Å². The van der Waals surface area contributed by atoms with E-state index in [1.54, 1.807) is 0 Å². The monoisotopic (exact) mass is 349 g/mol. The van der Waals surface area contributed by atoms with E-state index >= 15 is 0 Å². The Morgan fingerprint density at radius 1 is 1.44 bits per heavy atom. The molecule has 1 aromatic carbocycles. The quantitative estimate of drug-likeness (QED) is 0.868. The van der Waals surface area contributed by atoms with Gasteiger partial charge in [0.25, 0.3) is 0 Å². The summed E-state index contributed by atoms with van der Waals surface area (Å²) < 4.78 is 1.72. The van der Waals surface area contributed by atoms with Gasteiger partial charge in [-0.3, -0.25) is 0 Å². The standard InChI is InChI=1S/C11H13Br2NO2/c1-3-9(11(15)16)14-10-7(12)4-6(2)5-8(10)13/h4-5,9,14H,3H2,1-2H3,(H,15,16). The first-order valence-electron chi connectivity index (χ1n) is 4.90. The molecule has 0 fully saturated rings. The molecule has 0 bridgehead atoms. The molecular formula is C11H13Br2NO2. The fourth-order valence-electron chi connectivity index (χ4n) is 1.35. The van der Waals surface area contributed by atoms with Gasteiger partial charge in [0.05, 0.1) is 5.69 Å². The molecule has 1 unspecified atom stereocenters. The van der Waals surface area contributed by atoms with E-state index in [4.69, 9.17) is 5.11 Å². The highest BCUT2D eigenvalue weighted by atomic mass is 79.9. The third kappa shape index (κ3) is 3.22. The Bertz CT molecular complexity index is 384. The van der Waals surface area contributed by atoms with E-state index in [0.29, 0.717) is 6.42 Å². The van der Waals surface area contributed by atoms with Crippen LogP contribution in [0.15, 0.2) is 21.1 Å². The molecule has 1 aromatic rings. The summed E-state index contributed by atoms with van der Waals surface area (Å²) in [6, 6.07) is 3.32. The lowest BCUT2D eigenvalue weighted by Crippen LogP contribution is -2.28. The first-order chi connectivity index (χ1) is 7.45. The number of nitrogens with one attached hydrogen (secondary N) is 1. The first-order valence-corrected chi connectivity index (χ1v) is 6.49. The van der Waals surface area contributed by atoms with Crippen LogP contribution in [0, 0.1) is 6.92 Å². The zero-order chi connectivity index (χ0) is 12.3. The van der Waals surface area contributed by atoms with Crippen molar-refractivity contribution in [2.75, 3.05) is 5.32 Å². The van der Waals surface area contributed by atoms with Crippen LogP contribution in [0.5, 0.6) is 0 Å². The van der Waals surface area contributed by atoms with E-state index in [9.17, 15) is 4.79 Å². The maximum Gasteiger partial charge on any atom is 0.326 e. The summed E-state index contributed by atoms with van der Waals surface area (Å²) in [4.78, 5) is 10.9. The minimum atomic E-state index is -0.845. The molecule has 2 N–H and O–H groups in total. The zero-order valence-corrected chi connectivity index (χ0v) is 12.2. The number of halogens is 2. The summed E-state index contributed by atoms with van der Waals surface area (Å²) in [7, 11) is 0. The van der Waals surface area contributed by atoms with E-state index in [1.807, 2.05) is 26.0 Å². The summed E-state index contributed by atoms with van der Waals surface area (Å²) >= 11 is 6.84. The minimum Gasteiger partial charge on any atom is -0.480 e.